The van der Waals surface area contributed by atoms with Crippen LogP contribution in [0.3, 0.4) is 0 Å². The van der Waals surface area contributed by atoms with Gasteiger partial charge < -0.3 is 9.73 Å². The van der Waals surface area contributed by atoms with Gasteiger partial charge in [0, 0.05) is 37.2 Å². The molecule has 2 aliphatic rings. The molecule has 0 spiro atoms. The number of hydrogen-bond acceptors (Lipinski definition) is 4. The lowest BCUT2D eigenvalue weighted by Gasteiger charge is -2.32. The number of hydrogen-bond donors (Lipinski definition) is 1. The highest BCUT2D eigenvalue weighted by molar-refractivity contribution is 5.93. The van der Waals surface area contributed by atoms with Gasteiger partial charge in [0.1, 0.15) is 17.3 Å². The minimum atomic E-state index is 0.141. The molecule has 1 N–H and O–H groups in total. The number of nitrogens with zero attached hydrogens (tertiary/aromatic N) is 3. The Kier molecular flexibility index (Phi) is 5.17. The summed E-state index contributed by atoms with van der Waals surface area (Å²) in [6, 6.07) is 14.9. The summed E-state index contributed by atoms with van der Waals surface area (Å²) < 4.78 is 7.72. The second kappa shape index (κ2) is 8.11. The monoisotopic (exact) mass is 404 g/mol. The fraction of sp³-hybridized carbons (Fsp3) is 0.417. The number of piperidine rings is 1. The molecule has 0 unspecified atom stereocenters. The number of anilines is 1. The van der Waals surface area contributed by atoms with Crippen molar-refractivity contribution < 1.29 is 9.21 Å². The summed E-state index contributed by atoms with van der Waals surface area (Å²) in [6.45, 7) is 4.97. The number of aromatic nitrogens is 2. The van der Waals surface area contributed by atoms with Crippen LogP contribution in [0.4, 0.5) is 5.82 Å². The molecule has 0 bridgehead atoms. The maximum absolute atomic E-state index is 12.1. The third-order valence-electron chi connectivity index (χ3n) is 6.16. The van der Waals surface area contributed by atoms with Crippen molar-refractivity contribution in [1.29, 1.82) is 0 Å². The molecule has 6 heteroatoms. The van der Waals surface area contributed by atoms with Gasteiger partial charge in [-0.15, -0.1) is 0 Å². The van der Waals surface area contributed by atoms with Crippen LogP contribution in [0, 0.1) is 12.8 Å². The number of furan rings is 1. The Labute approximate surface area is 176 Å². The molecule has 5 rings (SSSR count). The van der Waals surface area contributed by atoms with Crippen molar-refractivity contribution in [3.8, 4) is 11.3 Å². The molecule has 0 radical (unpaired) electrons. The molecular formula is C24H28N4O2. The van der Waals surface area contributed by atoms with Gasteiger partial charge in [0.05, 0.1) is 12.2 Å². The number of carbonyl (C=O) groups excluding carboxylic acids is 1. The highest BCUT2D eigenvalue weighted by Crippen LogP contribution is 2.31. The Morgan fingerprint density at radius 3 is 2.50 bits per heavy atom. The number of benzene rings is 1. The van der Waals surface area contributed by atoms with Crippen LogP contribution in [0.5, 0.6) is 0 Å². The van der Waals surface area contributed by atoms with E-state index in [9.17, 15) is 4.79 Å². The zero-order valence-electron chi connectivity index (χ0n) is 17.4. The molecule has 3 heterocycles. The Morgan fingerprint density at radius 2 is 1.83 bits per heavy atom. The number of likely N-dealkylation sites (tertiary alicyclic amines) is 1. The van der Waals surface area contributed by atoms with Gasteiger partial charge in [-0.1, -0.05) is 24.3 Å². The topological polar surface area (TPSA) is 63.3 Å². The molecule has 2 fully saturated rings. The van der Waals surface area contributed by atoms with Crippen molar-refractivity contribution in [3.05, 3.63) is 60.0 Å². The summed E-state index contributed by atoms with van der Waals surface area (Å²) in [5, 5.41) is 7.56. The van der Waals surface area contributed by atoms with Gasteiger partial charge in [0.2, 0.25) is 5.91 Å². The third kappa shape index (κ3) is 4.19. The molecule has 1 aliphatic heterocycles. The molecular weight excluding hydrogens is 376 g/mol. The van der Waals surface area contributed by atoms with E-state index in [1.807, 2.05) is 29.8 Å². The van der Waals surface area contributed by atoms with Crippen molar-refractivity contribution in [3.63, 3.8) is 0 Å². The van der Waals surface area contributed by atoms with Crippen molar-refractivity contribution in [2.75, 3.05) is 18.4 Å². The SMILES string of the molecule is Cc1ccc(-c2ccc(CN3CCC(n4nccc4NC(=O)C4CC4)CC3)cc2)o1. The first-order valence-electron chi connectivity index (χ1n) is 10.9. The van der Waals surface area contributed by atoms with E-state index in [4.69, 9.17) is 4.42 Å². The van der Waals surface area contributed by atoms with Crippen LogP contribution in [0.15, 0.2) is 53.1 Å². The molecule has 156 valence electrons. The van der Waals surface area contributed by atoms with E-state index in [0.717, 1.165) is 68.2 Å². The van der Waals surface area contributed by atoms with Gasteiger partial charge in [-0.3, -0.25) is 9.69 Å². The van der Waals surface area contributed by atoms with Gasteiger partial charge in [0.15, 0.2) is 0 Å². The van der Waals surface area contributed by atoms with Crippen LogP contribution >= 0.6 is 0 Å². The lowest BCUT2D eigenvalue weighted by Crippen LogP contribution is -2.35. The van der Waals surface area contributed by atoms with E-state index < -0.39 is 0 Å². The quantitative estimate of drug-likeness (QED) is 0.650. The minimum Gasteiger partial charge on any atom is -0.461 e. The average molecular weight is 405 g/mol. The van der Waals surface area contributed by atoms with Crippen molar-refractivity contribution in [2.24, 2.45) is 5.92 Å². The van der Waals surface area contributed by atoms with Crippen LogP contribution in [0.2, 0.25) is 0 Å². The molecule has 30 heavy (non-hydrogen) atoms. The second-order valence-electron chi connectivity index (χ2n) is 8.54. The summed E-state index contributed by atoms with van der Waals surface area (Å²) in [5.41, 5.74) is 2.43. The molecule has 6 nitrogen and oxygen atoms in total. The maximum Gasteiger partial charge on any atom is 0.228 e. The predicted octanol–water partition coefficient (Wildman–Crippen LogP) is 4.64. The number of amides is 1. The largest absolute Gasteiger partial charge is 0.461 e. The number of carbonyl (C=O) groups is 1. The highest BCUT2D eigenvalue weighted by atomic mass is 16.3. The Morgan fingerprint density at radius 1 is 1.07 bits per heavy atom. The van der Waals surface area contributed by atoms with Gasteiger partial charge in [-0.2, -0.15) is 5.10 Å². The lowest BCUT2D eigenvalue weighted by atomic mass is 10.0. The molecule has 1 saturated carbocycles. The fourth-order valence-electron chi connectivity index (χ4n) is 4.22. The van der Waals surface area contributed by atoms with E-state index >= 15 is 0 Å². The Bertz CT molecular complexity index is 1010. The zero-order valence-corrected chi connectivity index (χ0v) is 17.4. The molecule has 1 saturated heterocycles. The molecule has 1 aromatic carbocycles. The summed E-state index contributed by atoms with van der Waals surface area (Å²) in [5.74, 6) is 3.04. The summed E-state index contributed by atoms with van der Waals surface area (Å²) in [6.07, 6.45) is 5.90. The van der Waals surface area contributed by atoms with Gasteiger partial charge in [-0.25, -0.2) is 4.68 Å². The molecule has 1 amide bonds. The summed E-state index contributed by atoms with van der Waals surface area (Å²) in [4.78, 5) is 14.6. The number of aryl methyl sites for hydroxylation is 1. The molecule has 1 aliphatic carbocycles. The lowest BCUT2D eigenvalue weighted by molar-refractivity contribution is -0.117. The van der Waals surface area contributed by atoms with Crippen LogP contribution in [-0.4, -0.2) is 33.7 Å². The van der Waals surface area contributed by atoms with Crippen LogP contribution in [0.25, 0.3) is 11.3 Å². The second-order valence-corrected chi connectivity index (χ2v) is 8.54. The Balaban J connectivity index is 1.16. The first-order chi connectivity index (χ1) is 14.7. The number of rotatable bonds is 6. The van der Waals surface area contributed by atoms with E-state index in [2.05, 4.69) is 39.6 Å². The molecule has 0 atom stereocenters. The highest BCUT2D eigenvalue weighted by Gasteiger charge is 2.31. The third-order valence-corrected chi connectivity index (χ3v) is 6.16. The Hall–Kier alpha value is -2.86. The first-order valence-corrected chi connectivity index (χ1v) is 10.9. The standard InChI is InChI=1S/C24H28N4O2/c1-17-2-9-22(30-17)19-5-3-18(4-6-19)16-27-14-11-21(12-15-27)28-23(10-13-25-28)26-24(29)20-7-8-20/h2-6,9-10,13,20-21H,7-8,11-12,14-16H2,1H3,(H,26,29). The zero-order chi connectivity index (χ0) is 20.5. The van der Waals surface area contributed by atoms with Gasteiger partial charge in [-0.05, 0) is 50.3 Å². The van der Waals surface area contributed by atoms with Gasteiger partial charge in [0.25, 0.3) is 0 Å². The maximum atomic E-state index is 12.1. The van der Waals surface area contributed by atoms with E-state index in [-0.39, 0.29) is 11.8 Å². The van der Waals surface area contributed by atoms with E-state index in [1.165, 1.54) is 5.56 Å². The number of nitrogens with one attached hydrogen (secondary N) is 1. The van der Waals surface area contributed by atoms with Gasteiger partial charge >= 0.3 is 0 Å². The van der Waals surface area contributed by atoms with E-state index in [0.29, 0.717) is 6.04 Å². The minimum absolute atomic E-state index is 0.141. The normalized spacial score (nSPS) is 17.9. The fourth-order valence-corrected chi connectivity index (χ4v) is 4.22. The summed E-state index contributed by atoms with van der Waals surface area (Å²) >= 11 is 0. The van der Waals surface area contributed by atoms with Crippen LogP contribution < -0.4 is 5.32 Å². The van der Waals surface area contributed by atoms with Crippen molar-refractivity contribution >= 4 is 11.7 Å². The molecule has 3 aromatic rings. The van der Waals surface area contributed by atoms with E-state index in [1.54, 1.807) is 6.20 Å². The van der Waals surface area contributed by atoms with Crippen LogP contribution in [0.1, 0.15) is 43.0 Å². The van der Waals surface area contributed by atoms with Crippen molar-refractivity contribution in [1.82, 2.24) is 14.7 Å². The van der Waals surface area contributed by atoms with Crippen molar-refractivity contribution in [2.45, 2.75) is 45.2 Å². The molecule has 2 aromatic heterocycles. The predicted molar refractivity (Wildman–Crippen MR) is 116 cm³/mol. The van der Waals surface area contributed by atoms with Crippen LogP contribution in [-0.2, 0) is 11.3 Å². The first kappa shape index (κ1) is 19.1. The average Bonchev–Trinajstić information content (AvgIpc) is 3.38. The smallest absolute Gasteiger partial charge is 0.228 e. The summed E-state index contributed by atoms with van der Waals surface area (Å²) in [7, 11) is 0.